The van der Waals surface area contributed by atoms with Gasteiger partial charge in [-0.15, -0.1) is 0 Å². The molecule has 4 N–H and O–H groups in total. The molecule has 1 rings (SSSR count). The molecule has 0 radical (unpaired) electrons. The third-order valence-corrected chi connectivity index (χ3v) is 1.56. The molecule has 1 aromatic rings. The summed E-state index contributed by atoms with van der Waals surface area (Å²) in [6.07, 6.45) is 1.08. The number of nitrogen functional groups attached to an aromatic ring is 1. The summed E-state index contributed by atoms with van der Waals surface area (Å²) in [5.74, 6) is 0.183. The number of nitrogens with two attached hydrogens (primary N) is 1. The lowest BCUT2D eigenvalue weighted by Crippen LogP contribution is -2.33. The van der Waals surface area contributed by atoms with Crippen molar-refractivity contribution in [3.63, 3.8) is 0 Å². The van der Waals surface area contributed by atoms with Crippen LogP contribution in [0, 0.1) is 0 Å². The summed E-state index contributed by atoms with van der Waals surface area (Å²) in [6.45, 7) is 1.96. The SMILES string of the molecule is CC(O)CNC(=O)Cn1ccc(N)n1. The van der Waals surface area contributed by atoms with E-state index in [-0.39, 0.29) is 19.0 Å². The Balaban J connectivity index is 2.34. The third kappa shape index (κ3) is 3.44. The van der Waals surface area contributed by atoms with E-state index in [1.165, 1.54) is 4.68 Å². The van der Waals surface area contributed by atoms with E-state index in [0.29, 0.717) is 5.82 Å². The normalized spacial score (nSPS) is 12.4. The first-order valence-electron chi connectivity index (χ1n) is 4.31. The van der Waals surface area contributed by atoms with E-state index < -0.39 is 6.10 Å². The van der Waals surface area contributed by atoms with Gasteiger partial charge in [-0.2, -0.15) is 5.10 Å². The van der Waals surface area contributed by atoms with Gasteiger partial charge in [-0.3, -0.25) is 9.48 Å². The molecule has 1 aromatic heterocycles. The molecule has 1 amide bonds. The number of aliphatic hydroxyl groups is 1. The van der Waals surface area contributed by atoms with Gasteiger partial charge < -0.3 is 16.2 Å². The second-order valence-electron chi connectivity index (χ2n) is 3.09. The van der Waals surface area contributed by atoms with Crippen LogP contribution in [0.2, 0.25) is 0 Å². The Morgan fingerprint density at radius 2 is 2.57 bits per heavy atom. The fourth-order valence-corrected chi connectivity index (χ4v) is 0.930. The Kier molecular flexibility index (Phi) is 3.47. The molecule has 6 nitrogen and oxygen atoms in total. The molecular weight excluding hydrogens is 184 g/mol. The number of carbonyl (C=O) groups is 1. The lowest BCUT2D eigenvalue weighted by molar-refractivity contribution is -0.122. The van der Waals surface area contributed by atoms with Crippen LogP contribution in [0.3, 0.4) is 0 Å². The average Bonchev–Trinajstić information content (AvgIpc) is 2.48. The number of hydrogen-bond donors (Lipinski definition) is 3. The predicted molar refractivity (Wildman–Crippen MR) is 51.3 cm³/mol. The summed E-state index contributed by atoms with van der Waals surface area (Å²) >= 11 is 0. The molecule has 0 aliphatic heterocycles. The number of anilines is 1. The van der Waals surface area contributed by atoms with Crippen LogP contribution in [0.5, 0.6) is 0 Å². The maximum atomic E-state index is 11.2. The van der Waals surface area contributed by atoms with Crippen molar-refractivity contribution >= 4 is 11.7 Å². The van der Waals surface area contributed by atoms with Gasteiger partial charge in [-0.25, -0.2) is 0 Å². The highest BCUT2D eigenvalue weighted by molar-refractivity contribution is 5.75. The molecule has 0 aromatic carbocycles. The zero-order valence-corrected chi connectivity index (χ0v) is 7.97. The first-order valence-corrected chi connectivity index (χ1v) is 4.31. The van der Waals surface area contributed by atoms with Crippen molar-refractivity contribution in [2.24, 2.45) is 0 Å². The maximum absolute atomic E-state index is 11.2. The quantitative estimate of drug-likeness (QED) is 0.576. The standard InChI is InChI=1S/C8H14N4O2/c1-6(13)4-10-8(14)5-12-3-2-7(9)11-12/h2-3,6,13H,4-5H2,1H3,(H2,9,11)(H,10,14). The van der Waals surface area contributed by atoms with Crippen LogP contribution in [0.4, 0.5) is 5.82 Å². The molecule has 1 atom stereocenters. The number of nitrogens with one attached hydrogen (secondary N) is 1. The number of aromatic nitrogens is 2. The van der Waals surface area contributed by atoms with Crippen molar-refractivity contribution in [2.45, 2.75) is 19.6 Å². The average molecular weight is 198 g/mol. The van der Waals surface area contributed by atoms with Crippen LogP contribution in [0.25, 0.3) is 0 Å². The van der Waals surface area contributed by atoms with Crippen LogP contribution in [-0.4, -0.2) is 33.4 Å². The van der Waals surface area contributed by atoms with Gasteiger partial charge in [0.25, 0.3) is 0 Å². The van der Waals surface area contributed by atoms with E-state index in [2.05, 4.69) is 10.4 Å². The van der Waals surface area contributed by atoms with Crippen molar-refractivity contribution in [2.75, 3.05) is 12.3 Å². The molecule has 0 bridgehead atoms. The summed E-state index contributed by atoms with van der Waals surface area (Å²) in [4.78, 5) is 11.2. The van der Waals surface area contributed by atoms with E-state index in [4.69, 9.17) is 10.8 Å². The largest absolute Gasteiger partial charge is 0.392 e. The summed E-state index contributed by atoms with van der Waals surface area (Å²) in [6, 6.07) is 1.61. The minimum absolute atomic E-state index is 0.115. The monoisotopic (exact) mass is 198 g/mol. The number of carbonyl (C=O) groups excluding carboxylic acids is 1. The Morgan fingerprint density at radius 3 is 3.07 bits per heavy atom. The van der Waals surface area contributed by atoms with E-state index in [9.17, 15) is 4.79 Å². The number of nitrogens with zero attached hydrogens (tertiary/aromatic N) is 2. The van der Waals surface area contributed by atoms with Gasteiger partial charge in [0.1, 0.15) is 12.4 Å². The van der Waals surface area contributed by atoms with Crippen LogP contribution < -0.4 is 11.1 Å². The fourth-order valence-electron chi connectivity index (χ4n) is 0.930. The number of rotatable bonds is 4. The molecule has 1 heterocycles. The summed E-state index contributed by atoms with van der Waals surface area (Å²) in [5, 5.41) is 15.3. The third-order valence-electron chi connectivity index (χ3n) is 1.56. The van der Waals surface area contributed by atoms with Gasteiger partial charge in [0.05, 0.1) is 6.10 Å². The Labute approximate surface area is 81.7 Å². The van der Waals surface area contributed by atoms with Gasteiger partial charge in [0.2, 0.25) is 5.91 Å². The van der Waals surface area contributed by atoms with Gasteiger partial charge >= 0.3 is 0 Å². The zero-order chi connectivity index (χ0) is 10.6. The predicted octanol–water partition coefficient (Wildman–Crippen LogP) is -1.04. The zero-order valence-electron chi connectivity index (χ0n) is 7.97. The van der Waals surface area contributed by atoms with Gasteiger partial charge in [-0.1, -0.05) is 0 Å². The van der Waals surface area contributed by atoms with E-state index in [1.54, 1.807) is 19.2 Å². The van der Waals surface area contributed by atoms with Crippen LogP contribution >= 0.6 is 0 Å². The minimum Gasteiger partial charge on any atom is -0.392 e. The molecule has 78 valence electrons. The van der Waals surface area contributed by atoms with Crippen LogP contribution in [0.1, 0.15) is 6.92 Å². The lowest BCUT2D eigenvalue weighted by Gasteiger charge is -2.06. The number of hydrogen-bond acceptors (Lipinski definition) is 4. The highest BCUT2D eigenvalue weighted by atomic mass is 16.3. The van der Waals surface area contributed by atoms with Crippen LogP contribution in [0.15, 0.2) is 12.3 Å². The molecule has 14 heavy (non-hydrogen) atoms. The van der Waals surface area contributed by atoms with Crippen LogP contribution in [-0.2, 0) is 11.3 Å². The maximum Gasteiger partial charge on any atom is 0.241 e. The van der Waals surface area contributed by atoms with Crippen molar-refractivity contribution in [3.8, 4) is 0 Å². The first kappa shape index (κ1) is 10.5. The summed E-state index contributed by atoms with van der Waals surface area (Å²) < 4.78 is 1.44. The number of aliphatic hydroxyl groups excluding tert-OH is 1. The van der Waals surface area contributed by atoms with E-state index >= 15 is 0 Å². The van der Waals surface area contributed by atoms with Crippen molar-refractivity contribution < 1.29 is 9.90 Å². The molecule has 0 saturated carbocycles. The van der Waals surface area contributed by atoms with Crippen molar-refractivity contribution in [1.29, 1.82) is 0 Å². The lowest BCUT2D eigenvalue weighted by atomic mass is 10.4. The first-order chi connectivity index (χ1) is 6.58. The smallest absolute Gasteiger partial charge is 0.241 e. The fraction of sp³-hybridized carbons (Fsp3) is 0.500. The molecule has 0 spiro atoms. The number of amides is 1. The second kappa shape index (κ2) is 4.61. The Morgan fingerprint density at radius 1 is 1.86 bits per heavy atom. The van der Waals surface area contributed by atoms with E-state index in [0.717, 1.165) is 0 Å². The van der Waals surface area contributed by atoms with Gasteiger partial charge in [0.15, 0.2) is 0 Å². The van der Waals surface area contributed by atoms with E-state index in [1.807, 2.05) is 0 Å². The Bertz CT molecular complexity index is 308. The molecule has 6 heteroatoms. The molecule has 0 aliphatic rings. The Hall–Kier alpha value is -1.56. The topological polar surface area (TPSA) is 93.2 Å². The molecule has 0 saturated heterocycles. The molecule has 0 aliphatic carbocycles. The van der Waals surface area contributed by atoms with Crippen molar-refractivity contribution in [1.82, 2.24) is 15.1 Å². The molecular formula is C8H14N4O2. The highest BCUT2D eigenvalue weighted by Crippen LogP contribution is 1.94. The minimum atomic E-state index is -0.540. The van der Waals surface area contributed by atoms with Gasteiger partial charge in [0, 0.05) is 12.7 Å². The van der Waals surface area contributed by atoms with Crippen molar-refractivity contribution in [3.05, 3.63) is 12.3 Å². The summed E-state index contributed by atoms with van der Waals surface area (Å²) in [7, 11) is 0. The molecule has 0 fully saturated rings. The second-order valence-corrected chi connectivity index (χ2v) is 3.09. The van der Waals surface area contributed by atoms with Gasteiger partial charge in [-0.05, 0) is 13.0 Å². The summed E-state index contributed by atoms with van der Waals surface area (Å²) in [5.41, 5.74) is 5.37. The molecule has 1 unspecified atom stereocenters. The highest BCUT2D eigenvalue weighted by Gasteiger charge is 2.04.